The number of hydrogen-bond acceptors (Lipinski definition) is 4. The minimum absolute atomic E-state index is 0.0968. The predicted molar refractivity (Wildman–Crippen MR) is 127 cm³/mol. The molecule has 7 heteroatoms. The number of rotatable bonds is 6. The molecule has 2 heterocycles. The summed E-state index contributed by atoms with van der Waals surface area (Å²) >= 11 is 0. The van der Waals surface area contributed by atoms with Gasteiger partial charge in [-0.1, -0.05) is 36.4 Å². The third kappa shape index (κ3) is 4.01. The first-order valence-electron chi connectivity index (χ1n) is 11.0. The zero-order valence-electron chi connectivity index (χ0n) is 18.9. The standard InChI is InChI=1S/C27H24FN3O3/c1-17-26-22(21-8-4-6-10-24(21)34-16-18-7-3-5-9-23(18)28)15-25(32)29-27(26)31(30-17)19-11-13-20(33-2)14-12-19/h3-14,22H,15-16H2,1-2H3,(H,29,32). The molecule has 0 aliphatic carbocycles. The van der Waals surface area contributed by atoms with Gasteiger partial charge in [-0.15, -0.1) is 0 Å². The van der Waals surface area contributed by atoms with Crippen molar-refractivity contribution in [2.24, 2.45) is 0 Å². The highest BCUT2D eigenvalue weighted by Crippen LogP contribution is 2.43. The highest BCUT2D eigenvalue weighted by atomic mass is 19.1. The summed E-state index contributed by atoms with van der Waals surface area (Å²) in [4.78, 5) is 12.8. The molecule has 172 valence electrons. The van der Waals surface area contributed by atoms with E-state index in [9.17, 15) is 9.18 Å². The molecule has 0 saturated heterocycles. The number of nitrogens with one attached hydrogen (secondary N) is 1. The van der Waals surface area contributed by atoms with Gasteiger partial charge in [-0.25, -0.2) is 9.07 Å². The number of nitrogens with zero attached hydrogens (tertiary/aromatic N) is 2. The van der Waals surface area contributed by atoms with Gasteiger partial charge in [0.05, 0.1) is 18.5 Å². The zero-order valence-corrected chi connectivity index (χ0v) is 18.9. The molecule has 0 bridgehead atoms. The van der Waals surface area contributed by atoms with Gasteiger partial charge in [0.1, 0.15) is 29.7 Å². The van der Waals surface area contributed by atoms with Crippen LogP contribution in [-0.4, -0.2) is 22.8 Å². The fraction of sp³-hybridized carbons (Fsp3) is 0.185. The van der Waals surface area contributed by atoms with Crippen LogP contribution in [0.15, 0.2) is 72.8 Å². The van der Waals surface area contributed by atoms with Gasteiger partial charge in [-0.05, 0) is 43.3 Å². The van der Waals surface area contributed by atoms with Gasteiger partial charge in [-0.3, -0.25) is 4.79 Å². The fourth-order valence-corrected chi connectivity index (χ4v) is 4.39. The first kappa shape index (κ1) is 21.7. The van der Waals surface area contributed by atoms with Crippen molar-refractivity contribution in [2.45, 2.75) is 25.9 Å². The summed E-state index contributed by atoms with van der Waals surface area (Å²) in [5.41, 5.74) is 3.92. The number of halogens is 1. The van der Waals surface area contributed by atoms with Crippen molar-refractivity contribution < 1.29 is 18.7 Å². The molecule has 0 fully saturated rings. The number of carbonyl (C=O) groups is 1. The topological polar surface area (TPSA) is 65.4 Å². The number of aryl methyl sites for hydroxylation is 1. The van der Waals surface area contributed by atoms with Crippen LogP contribution >= 0.6 is 0 Å². The second-order valence-corrected chi connectivity index (χ2v) is 8.18. The van der Waals surface area contributed by atoms with Crippen LogP contribution < -0.4 is 14.8 Å². The highest BCUT2D eigenvalue weighted by Gasteiger charge is 2.34. The summed E-state index contributed by atoms with van der Waals surface area (Å²) in [6.45, 7) is 2.03. The van der Waals surface area contributed by atoms with E-state index in [4.69, 9.17) is 14.6 Å². The van der Waals surface area contributed by atoms with Crippen molar-refractivity contribution in [3.8, 4) is 17.2 Å². The number of benzene rings is 3. The van der Waals surface area contributed by atoms with Crippen LogP contribution in [0.2, 0.25) is 0 Å². The summed E-state index contributed by atoms with van der Waals surface area (Å²) in [5, 5.41) is 7.73. The van der Waals surface area contributed by atoms with E-state index in [0.29, 0.717) is 17.1 Å². The monoisotopic (exact) mass is 457 g/mol. The molecular weight excluding hydrogens is 433 g/mol. The predicted octanol–water partition coefficient (Wildman–Crippen LogP) is 5.38. The van der Waals surface area contributed by atoms with Gasteiger partial charge in [0.25, 0.3) is 0 Å². The Morgan fingerprint density at radius 1 is 1.06 bits per heavy atom. The van der Waals surface area contributed by atoms with Crippen molar-refractivity contribution in [2.75, 3.05) is 12.4 Å². The van der Waals surface area contributed by atoms with E-state index in [2.05, 4.69) is 5.32 Å². The zero-order chi connectivity index (χ0) is 23.7. The summed E-state index contributed by atoms with van der Waals surface area (Å²) in [7, 11) is 1.62. The molecule has 1 aromatic heterocycles. The smallest absolute Gasteiger partial charge is 0.226 e. The Labute approximate surface area is 196 Å². The van der Waals surface area contributed by atoms with Crippen LogP contribution in [0.1, 0.15) is 34.7 Å². The third-order valence-corrected chi connectivity index (χ3v) is 6.05. The van der Waals surface area contributed by atoms with Gasteiger partial charge in [0.2, 0.25) is 5.91 Å². The quantitative estimate of drug-likeness (QED) is 0.422. The number of para-hydroxylation sites is 1. The minimum atomic E-state index is -0.309. The fourth-order valence-electron chi connectivity index (χ4n) is 4.39. The molecule has 6 nitrogen and oxygen atoms in total. The number of methoxy groups -OCH3 is 1. The van der Waals surface area contributed by atoms with Crippen molar-refractivity contribution in [1.29, 1.82) is 0 Å². The van der Waals surface area contributed by atoms with Crippen molar-refractivity contribution in [3.05, 3.63) is 101 Å². The summed E-state index contributed by atoms with van der Waals surface area (Å²) in [6.07, 6.45) is 0.266. The van der Waals surface area contributed by atoms with Crippen LogP contribution in [0.3, 0.4) is 0 Å². The van der Waals surface area contributed by atoms with E-state index in [1.54, 1.807) is 30.0 Å². The van der Waals surface area contributed by atoms with Gasteiger partial charge >= 0.3 is 0 Å². The lowest BCUT2D eigenvalue weighted by Gasteiger charge is -2.26. The van der Waals surface area contributed by atoms with Crippen LogP contribution in [0.5, 0.6) is 11.5 Å². The molecule has 4 aromatic rings. The Morgan fingerprint density at radius 2 is 1.79 bits per heavy atom. The van der Waals surface area contributed by atoms with E-state index in [1.165, 1.54) is 6.07 Å². The third-order valence-electron chi connectivity index (χ3n) is 6.05. The van der Waals surface area contributed by atoms with Gasteiger partial charge < -0.3 is 14.8 Å². The normalized spacial score (nSPS) is 14.9. The second kappa shape index (κ2) is 9.02. The molecule has 1 amide bonds. The lowest BCUT2D eigenvalue weighted by molar-refractivity contribution is -0.116. The maximum Gasteiger partial charge on any atom is 0.226 e. The number of ether oxygens (including phenoxy) is 2. The molecular formula is C27H24FN3O3. The van der Waals surface area contributed by atoms with Crippen molar-refractivity contribution >= 4 is 11.7 Å². The molecule has 0 spiro atoms. The first-order valence-corrected chi connectivity index (χ1v) is 11.0. The maximum absolute atomic E-state index is 14.1. The Hall–Kier alpha value is -4.13. The molecule has 1 aliphatic heterocycles. The number of carbonyl (C=O) groups excluding carboxylic acids is 1. The highest BCUT2D eigenvalue weighted by molar-refractivity contribution is 5.95. The minimum Gasteiger partial charge on any atom is -0.497 e. The Bertz CT molecular complexity index is 1350. The van der Waals surface area contributed by atoms with Crippen LogP contribution in [-0.2, 0) is 11.4 Å². The van der Waals surface area contributed by atoms with E-state index in [0.717, 1.165) is 28.3 Å². The van der Waals surface area contributed by atoms with Crippen LogP contribution in [0.4, 0.5) is 10.2 Å². The molecule has 5 rings (SSSR count). The van der Waals surface area contributed by atoms with Gasteiger partial charge in [0, 0.05) is 29.0 Å². The number of hydrogen-bond donors (Lipinski definition) is 1. The lowest BCUT2D eigenvalue weighted by Crippen LogP contribution is -2.25. The largest absolute Gasteiger partial charge is 0.497 e. The molecule has 1 unspecified atom stereocenters. The maximum atomic E-state index is 14.1. The number of anilines is 1. The Kier molecular flexibility index (Phi) is 5.76. The molecule has 1 N–H and O–H groups in total. The Morgan fingerprint density at radius 3 is 2.56 bits per heavy atom. The molecule has 0 radical (unpaired) electrons. The Balaban J connectivity index is 1.53. The molecule has 1 atom stereocenters. The van der Waals surface area contributed by atoms with Crippen LogP contribution in [0.25, 0.3) is 5.69 Å². The van der Waals surface area contributed by atoms with E-state index < -0.39 is 0 Å². The summed E-state index contributed by atoms with van der Waals surface area (Å²) in [5.74, 6) is 1.35. The second-order valence-electron chi connectivity index (χ2n) is 8.18. The SMILES string of the molecule is COc1ccc(-n2nc(C)c3c2NC(=O)CC3c2ccccc2OCc2ccccc2F)cc1. The summed E-state index contributed by atoms with van der Waals surface area (Å²) in [6, 6.07) is 21.6. The van der Waals surface area contributed by atoms with Gasteiger partial charge in [0.15, 0.2) is 0 Å². The van der Waals surface area contributed by atoms with Crippen LogP contribution in [0, 0.1) is 12.7 Å². The number of fused-ring (bicyclic) bond motifs is 1. The van der Waals surface area contributed by atoms with Crippen molar-refractivity contribution in [3.63, 3.8) is 0 Å². The number of aromatic nitrogens is 2. The van der Waals surface area contributed by atoms with E-state index >= 15 is 0 Å². The van der Waals surface area contributed by atoms with E-state index in [-0.39, 0.29) is 30.7 Å². The van der Waals surface area contributed by atoms with Crippen molar-refractivity contribution in [1.82, 2.24) is 9.78 Å². The summed E-state index contributed by atoms with van der Waals surface area (Å²) < 4.78 is 27.2. The lowest BCUT2D eigenvalue weighted by atomic mass is 9.85. The molecule has 0 saturated carbocycles. The molecule has 3 aromatic carbocycles. The average Bonchev–Trinajstić information content (AvgIpc) is 3.19. The molecule has 1 aliphatic rings. The molecule has 34 heavy (non-hydrogen) atoms. The first-order chi connectivity index (χ1) is 16.5. The number of amides is 1. The van der Waals surface area contributed by atoms with Gasteiger partial charge in [-0.2, -0.15) is 5.10 Å². The van der Waals surface area contributed by atoms with E-state index in [1.807, 2.05) is 55.5 Å². The average molecular weight is 458 g/mol.